The van der Waals surface area contributed by atoms with Gasteiger partial charge in [0.1, 0.15) is 0 Å². The molecule has 0 saturated carbocycles. The molecule has 2 rings (SSSR count). The maximum atomic E-state index is 12.8. The van der Waals surface area contributed by atoms with Gasteiger partial charge >= 0.3 is 6.09 Å². The number of rotatable bonds is 5. The van der Waals surface area contributed by atoms with Crippen molar-refractivity contribution in [2.45, 2.75) is 20.4 Å². The number of nitrogens with one attached hydrogen (secondary N) is 1. The molecule has 2 aromatic carbocycles. The van der Waals surface area contributed by atoms with Crippen molar-refractivity contribution in [2.75, 3.05) is 11.2 Å². The molecule has 1 N–H and O–H groups in total. The van der Waals surface area contributed by atoms with Crippen molar-refractivity contribution < 1.29 is 14.4 Å². The summed E-state index contributed by atoms with van der Waals surface area (Å²) in [4.78, 5) is 30.4. The largest absolute Gasteiger partial charge is 0.436 e. The first-order chi connectivity index (χ1) is 12.7. The summed E-state index contributed by atoms with van der Waals surface area (Å²) < 4.78 is 0. The van der Waals surface area contributed by atoms with Crippen LogP contribution in [0, 0.1) is 5.41 Å². The van der Waals surface area contributed by atoms with Crippen molar-refractivity contribution in [3.63, 3.8) is 0 Å². The summed E-state index contributed by atoms with van der Waals surface area (Å²) in [6.07, 6.45) is -0.831. The number of hydrogen-bond donors (Lipinski definition) is 1. The van der Waals surface area contributed by atoms with Crippen molar-refractivity contribution in [1.82, 2.24) is 5.06 Å². The summed E-state index contributed by atoms with van der Waals surface area (Å²) in [5.74, 6) is -0.386. The highest BCUT2D eigenvalue weighted by Crippen LogP contribution is 2.25. The van der Waals surface area contributed by atoms with Gasteiger partial charge in [-0.25, -0.2) is 4.79 Å². The van der Waals surface area contributed by atoms with Crippen molar-refractivity contribution in [2.24, 2.45) is 5.41 Å². The number of alkyl halides is 1. The molecule has 144 valence electrons. The zero-order valence-corrected chi connectivity index (χ0v) is 17.1. The monoisotopic (exact) mass is 428 g/mol. The molecule has 2 amide bonds. The fourth-order valence-electron chi connectivity index (χ4n) is 2.13. The Hall–Kier alpha value is -1.95. The highest BCUT2D eigenvalue weighted by Gasteiger charge is 2.34. The molecule has 0 heterocycles. The van der Waals surface area contributed by atoms with Crippen LogP contribution in [0.2, 0.25) is 10.0 Å². The summed E-state index contributed by atoms with van der Waals surface area (Å²) in [6, 6.07) is 13.6. The number of hydroxylamine groups is 2. The van der Waals surface area contributed by atoms with Gasteiger partial charge in [-0.05, 0) is 43.7 Å². The molecule has 0 spiro atoms. The number of carbonyl (C=O) groups is 2. The van der Waals surface area contributed by atoms with Crippen LogP contribution in [-0.4, -0.2) is 22.9 Å². The highest BCUT2D eigenvalue weighted by molar-refractivity contribution is 6.31. The molecular formula is C19H19Cl3N2O3. The number of anilines is 1. The number of amides is 2. The average Bonchev–Trinajstić information content (AvgIpc) is 2.62. The second-order valence-corrected chi connectivity index (χ2v) is 7.58. The first-order valence-corrected chi connectivity index (χ1v) is 9.38. The normalized spacial score (nSPS) is 11.0. The molecule has 0 radical (unpaired) electrons. The molecule has 0 aliphatic rings. The predicted octanol–water partition coefficient (Wildman–Crippen LogP) is 5.75. The third-order valence-electron chi connectivity index (χ3n) is 3.68. The molecule has 0 aliphatic heterocycles. The molecule has 0 fully saturated rings. The van der Waals surface area contributed by atoms with Gasteiger partial charge < -0.3 is 4.84 Å². The second-order valence-electron chi connectivity index (χ2n) is 6.46. The lowest BCUT2D eigenvalue weighted by Crippen LogP contribution is -2.43. The molecule has 0 saturated heterocycles. The Balaban J connectivity index is 2.19. The van der Waals surface area contributed by atoms with Gasteiger partial charge in [0.15, 0.2) is 0 Å². The van der Waals surface area contributed by atoms with Crippen molar-refractivity contribution >= 4 is 52.5 Å². The summed E-state index contributed by atoms with van der Waals surface area (Å²) in [6.45, 7) is 3.32. The van der Waals surface area contributed by atoms with Gasteiger partial charge in [-0.1, -0.05) is 47.5 Å². The minimum atomic E-state index is -0.931. The Kier molecular flexibility index (Phi) is 7.36. The van der Waals surface area contributed by atoms with Crippen LogP contribution in [0.25, 0.3) is 0 Å². The SMILES string of the molecule is CC(C)(CCl)C(=O)N(Cc1ccccc1Cl)OC(=O)Nc1cccc(Cl)c1. The van der Waals surface area contributed by atoms with Gasteiger partial charge in [0.2, 0.25) is 0 Å². The van der Waals surface area contributed by atoms with E-state index in [4.69, 9.17) is 39.6 Å². The standard InChI is InChI=1S/C19H19Cl3N2O3/c1-19(2,12-20)17(25)24(11-13-6-3-4-9-16(13)22)27-18(26)23-15-8-5-7-14(21)10-15/h3-10H,11-12H2,1-2H3,(H,23,26). The molecule has 0 aromatic heterocycles. The summed E-state index contributed by atoms with van der Waals surface area (Å²) >= 11 is 18.0. The van der Waals surface area contributed by atoms with Crippen molar-refractivity contribution in [1.29, 1.82) is 0 Å². The Bertz CT molecular complexity index is 827. The van der Waals surface area contributed by atoms with Crippen LogP contribution in [-0.2, 0) is 16.2 Å². The molecule has 8 heteroatoms. The zero-order chi connectivity index (χ0) is 20.0. The second kappa shape index (κ2) is 9.31. The van der Waals surface area contributed by atoms with Crippen LogP contribution >= 0.6 is 34.8 Å². The smallest absolute Gasteiger partial charge is 0.318 e. The van der Waals surface area contributed by atoms with E-state index in [9.17, 15) is 9.59 Å². The lowest BCUT2D eigenvalue weighted by Gasteiger charge is -2.29. The quantitative estimate of drug-likeness (QED) is 0.486. The Morgan fingerprint density at radius 1 is 1.11 bits per heavy atom. The van der Waals surface area contributed by atoms with E-state index in [1.54, 1.807) is 62.4 Å². The van der Waals surface area contributed by atoms with Crippen LogP contribution in [0.4, 0.5) is 10.5 Å². The van der Waals surface area contributed by atoms with Crippen LogP contribution in [0.5, 0.6) is 0 Å². The van der Waals surface area contributed by atoms with Crippen molar-refractivity contribution in [3.8, 4) is 0 Å². The molecule has 27 heavy (non-hydrogen) atoms. The van der Waals surface area contributed by atoms with Gasteiger partial charge in [0.05, 0.1) is 12.0 Å². The first-order valence-electron chi connectivity index (χ1n) is 8.09. The maximum absolute atomic E-state index is 12.8. The van der Waals surface area contributed by atoms with Crippen LogP contribution in [0.1, 0.15) is 19.4 Å². The Morgan fingerprint density at radius 2 is 1.81 bits per heavy atom. The highest BCUT2D eigenvalue weighted by atomic mass is 35.5. The van der Waals surface area contributed by atoms with E-state index in [1.165, 1.54) is 0 Å². The van der Waals surface area contributed by atoms with Gasteiger partial charge in [-0.2, -0.15) is 5.06 Å². The number of halogens is 3. The minimum Gasteiger partial charge on any atom is -0.318 e. The summed E-state index contributed by atoms with van der Waals surface area (Å²) in [7, 11) is 0. The summed E-state index contributed by atoms with van der Waals surface area (Å²) in [5, 5.41) is 4.41. The van der Waals surface area contributed by atoms with E-state index in [2.05, 4.69) is 5.32 Å². The van der Waals surface area contributed by atoms with E-state index in [0.29, 0.717) is 21.3 Å². The number of carbonyl (C=O) groups excluding carboxylic acids is 2. The van der Waals surface area contributed by atoms with Gasteiger partial charge in [0.25, 0.3) is 5.91 Å². The van der Waals surface area contributed by atoms with Crippen molar-refractivity contribution in [3.05, 3.63) is 64.1 Å². The first kappa shape index (κ1) is 21.4. The molecule has 0 bridgehead atoms. The topological polar surface area (TPSA) is 58.6 Å². The lowest BCUT2D eigenvalue weighted by molar-refractivity contribution is -0.176. The van der Waals surface area contributed by atoms with Gasteiger partial charge in [-0.3, -0.25) is 10.1 Å². The van der Waals surface area contributed by atoms with Gasteiger partial charge in [-0.15, -0.1) is 11.6 Å². The van der Waals surface area contributed by atoms with E-state index in [1.807, 2.05) is 0 Å². The van der Waals surface area contributed by atoms with E-state index < -0.39 is 17.4 Å². The summed E-state index contributed by atoms with van der Waals surface area (Å²) in [5.41, 5.74) is 0.141. The van der Waals surface area contributed by atoms with Crippen LogP contribution in [0.15, 0.2) is 48.5 Å². The fourth-order valence-corrected chi connectivity index (χ4v) is 2.63. The van der Waals surface area contributed by atoms with Crippen LogP contribution < -0.4 is 5.32 Å². The third kappa shape index (κ3) is 6.03. The Labute approximate surface area is 173 Å². The Morgan fingerprint density at radius 3 is 2.44 bits per heavy atom. The van der Waals surface area contributed by atoms with E-state index in [0.717, 1.165) is 5.06 Å². The predicted molar refractivity (Wildman–Crippen MR) is 108 cm³/mol. The zero-order valence-electron chi connectivity index (χ0n) is 14.8. The third-order valence-corrected chi connectivity index (χ3v) is 4.95. The van der Waals surface area contributed by atoms with Crippen LogP contribution in [0.3, 0.4) is 0 Å². The average molecular weight is 430 g/mol. The van der Waals surface area contributed by atoms with E-state index in [-0.39, 0.29) is 12.4 Å². The number of benzene rings is 2. The minimum absolute atomic E-state index is 0.0121. The molecule has 5 nitrogen and oxygen atoms in total. The molecule has 0 atom stereocenters. The number of hydrogen-bond acceptors (Lipinski definition) is 3. The molecule has 0 aliphatic carbocycles. The number of nitrogens with zero attached hydrogens (tertiary/aromatic N) is 1. The molecule has 0 unspecified atom stereocenters. The molecule has 2 aromatic rings. The van der Waals surface area contributed by atoms with E-state index >= 15 is 0 Å². The lowest BCUT2D eigenvalue weighted by atomic mass is 9.95. The fraction of sp³-hybridized carbons (Fsp3) is 0.263. The molecular weight excluding hydrogens is 411 g/mol. The maximum Gasteiger partial charge on any atom is 0.436 e. The van der Waals surface area contributed by atoms with Gasteiger partial charge in [0, 0.05) is 21.6 Å².